The molecule has 0 aromatic heterocycles. The average Bonchev–Trinajstić information content (AvgIpc) is 2.33. The molecule has 1 atom stereocenters. The lowest BCUT2D eigenvalue weighted by Crippen LogP contribution is -2.68. The van der Waals surface area contributed by atoms with Crippen LogP contribution in [0.3, 0.4) is 0 Å². The van der Waals surface area contributed by atoms with E-state index in [0.717, 1.165) is 26.1 Å². The molecule has 2 fully saturated rings. The van der Waals surface area contributed by atoms with Gasteiger partial charge in [0.05, 0.1) is 0 Å². The van der Waals surface area contributed by atoms with E-state index in [1.807, 2.05) is 0 Å². The fourth-order valence-electron chi connectivity index (χ4n) is 1.77. The van der Waals surface area contributed by atoms with E-state index in [1.54, 1.807) is 0 Å². The van der Waals surface area contributed by atoms with Gasteiger partial charge in [0.1, 0.15) is 5.60 Å². The molecule has 0 radical (unpaired) electrons. The van der Waals surface area contributed by atoms with Crippen LogP contribution in [0.1, 0.15) is 12.8 Å². The van der Waals surface area contributed by atoms with Crippen LogP contribution in [0.25, 0.3) is 0 Å². The summed E-state index contributed by atoms with van der Waals surface area (Å²) in [4.78, 5) is 0. The van der Waals surface area contributed by atoms with Gasteiger partial charge in [0, 0.05) is 19.1 Å². The average molecular weight is 142 g/mol. The van der Waals surface area contributed by atoms with Gasteiger partial charge < -0.3 is 15.7 Å². The molecule has 2 saturated heterocycles. The van der Waals surface area contributed by atoms with Gasteiger partial charge in [-0.2, -0.15) is 0 Å². The van der Waals surface area contributed by atoms with Crippen LogP contribution in [0.2, 0.25) is 0 Å². The maximum Gasteiger partial charge on any atom is 0.105 e. The van der Waals surface area contributed by atoms with E-state index in [1.165, 1.54) is 6.42 Å². The third-order valence-corrected chi connectivity index (χ3v) is 2.57. The Hall–Kier alpha value is -0.120. The summed E-state index contributed by atoms with van der Waals surface area (Å²) in [6.45, 7) is 2.61. The number of hydrogen-bond acceptors (Lipinski definition) is 3. The van der Waals surface area contributed by atoms with E-state index >= 15 is 0 Å². The fraction of sp³-hybridized carbons (Fsp3) is 1.00. The molecule has 1 unspecified atom stereocenters. The molecule has 3 nitrogen and oxygen atoms in total. The Labute approximate surface area is 60.8 Å². The molecular formula is C7H14N2O. The highest BCUT2D eigenvalue weighted by Crippen LogP contribution is 2.22. The lowest BCUT2D eigenvalue weighted by atomic mass is 9.87. The summed E-state index contributed by atoms with van der Waals surface area (Å²) in [5, 5.41) is 16.2. The molecule has 58 valence electrons. The van der Waals surface area contributed by atoms with Crippen molar-refractivity contribution in [3.63, 3.8) is 0 Å². The van der Waals surface area contributed by atoms with E-state index in [-0.39, 0.29) is 0 Å². The van der Waals surface area contributed by atoms with Crippen molar-refractivity contribution in [2.24, 2.45) is 0 Å². The summed E-state index contributed by atoms with van der Waals surface area (Å²) < 4.78 is 0. The van der Waals surface area contributed by atoms with Crippen molar-refractivity contribution >= 4 is 0 Å². The third-order valence-electron chi connectivity index (χ3n) is 2.57. The first-order chi connectivity index (χ1) is 4.81. The number of nitrogens with one attached hydrogen (secondary N) is 2. The van der Waals surface area contributed by atoms with Gasteiger partial charge in [0.25, 0.3) is 0 Å². The van der Waals surface area contributed by atoms with Crippen molar-refractivity contribution < 1.29 is 5.11 Å². The Morgan fingerprint density at radius 2 is 2.20 bits per heavy atom. The lowest BCUT2D eigenvalue weighted by molar-refractivity contribution is -0.0377. The minimum atomic E-state index is -0.420. The van der Waals surface area contributed by atoms with Crippen molar-refractivity contribution in [1.29, 1.82) is 0 Å². The molecular weight excluding hydrogens is 128 g/mol. The molecule has 0 spiro atoms. The maximum absolute atomic E-state index is 9.78. The SMILES string of the molecule is OC1(C2CCCN2)CNC1. The molecule has 0 saturated carbocycles. The lowest BCUT2D eigenvalue weighted by Gasteiger charge is -2.42. The summed E-state index contributed by atoms with van der Waals surface area (Å²) in [6.07, 6.45) is 2.35. The van der Waals surface area contributed by atoms with Gasteiger partial charge in [-0.05, 0) is 19.4 Å². The smallest absolute Gasteiger partial charge is 0.105 e. The number of hydrogen-bond donors (Lipinski definition) is 3. The highest BCUT2D eigenvalue weighted by Gasteiger charge is 2.43. The van der Waals surface area contributed by atoms with Crippen LogP contribution in [-0.4, -0.2) is 36.4 Å². The zero-order valence-electron chi connectivity index (χ0n) is 6.06. The van der Waals surface area contributed by atoms with Gasteiger partial charge in [0.15, 0.2) is 0 Å². The van der Waals surface area contributed by atoms with E-state index in [0.29, 0.717) is 6.04 Å². The van der Waals surface area contributed by atoms with E-state index < -0.39 is 5.60 Å². The standard InChI is InChI=1S/C7H14N2O/c10-7(4-8-5-7)6-2-1-3-9-6/h6,8-10H,1-5H2. The molecule has 0 aromatic carbocycles. The van der Waals surface area contributed by atoms with E-state index in [4.69, 9.17) is 0 Å². The topological polar surface area (TPSA) is 44.3 Å². The number of rotatable bonds is 1. The van der Waals surface area contributed by atoms with Crippen molar-refractivity contribution in [2.75, 3.05) is 19.6 Å². The quantitative estimate of drug-likeness (QED) is 0.443. The van der Waals surface area contributed by atoms with Crippen molar-refractivity contribution in [2.45, 2.75) is 24.5 Å². The Kier molecular flexibility index (Phi) is 1.44. The summed E-state index contributed by atoms with van der Waals surface area (Å²) in [7, 11) is 0. The largest absolute Gasteiger partial charge is 0.386 e. The first-order valence-electron chi connectivity index (χ1n) is 3.98. The van der Waals surface area contributed by atoms with Crippen LogP contribution in [0.5, 0.6) is 0 Å². The Bertz CT molecular complexity index is 128. The Balaban J connectivity index is 1.96. The van der Waals surface area contributed by atoms with Crippen LogP contribution in [0, 0.1) is 0 Å². The van der Waals surface area contributed by atoms with Gasteiger partial charge in [-0.15, -0.1) is 0 Å². The highest BCUT2D eigenvalue weighted by atomic mass is 16.3. The van der Waals surface area contributed by atoms with Gasteiger partial charge in [-0.25, -0.2) is 0 Å². The van der Waals surface area contributed by atoms with E-state index in [9.17, 15) is 5.11 Å². The van der Waals surface area contributed by atoms with Crippen molar-refractivity contribution in [3.05, 3.63) is 0 Å². The second-order valence-corrected chi connectivity index (χ2v) is 3.36. The second-order valence-electron chi connectivity index (χ2n) is 3.36. The van der Waals surface area contributed by atoms with E-state index in [2.05, 4.69) is 10.6 Å². The van der Waals surface area contributed by atoms with Crippen molar-refractivity contribution in [3.8, 4) is 0 Å². The zero-order valence-corrected chi connectivity index (χ0v) is 6.06. The zero-order chi connectivity index (χ0) is 7.03. The van der Waals surface area contributed by atoms with Crippen molar-refractivity contribution in [1.82, 2.24) is 10.6 Å². The van der Waals surface area contributed by atoms with Gasteiger partial charge in [0.2, 0.25) is 0 Å². The highest BCUT2D eigenvalue weighted by molar-refractivity contribution is 5.03. The fourth-order valence-corrected chi connectivity index (χ4v) is 1.77. The third kappa shape index (κ3) is 0.856. The van der Waals surface area contributed by atoms with Crippen LogP contribution >= 0.6 is 0 Å². The molecule has 3 N–H and O–H groups in total. The molecule has 2 aliphatic rings. The predicted octanol–water partition coefficient (Wildman–Crippen LogP) is -0.927. The normalized spacial score (nSPS) is 37.5. The number of β-amino-alcohol motifs (C(OH)–C–C–N with tert-alkyl or cyclic N) is 1. The number of aliphatic hydroxyl groups is 1. The Morgan fingerprint density at radius 3 is 2.60 bits per heavy atom. The van der Waals surface area contributed by atoms with Gasteiger partial charge >= 0.3 is 0 Å². The molecule has 0 bridgehead atoms. The van der Waals surface area contributed by atoms with Gasteiger partial charge in [-0.3, -0.25) is 0 Å². The summed E-state index contributed by atoms with van der Waals surface area (Å²) >= 11 is 0. The molecule has 2 rings (SSSR count). The minimum absolute atomic E-state index is 0.355. The van der Waals surface area contributed by atoms with Gasteiger partial charge in [-0.1, -0.05) is 0 Å². The molecule has 0 aliphatic carbocycles. The van der Waals surface area contributed by atoms with Crippen LogP contribution in [0.4, 0.5) is 0 Å². The summed E-state index contributed by atoms with van der Waals surface area (Å²) in [5.74, 6) is 0. The maximum atomic E-state index is 9.78. The first kappa shape index (κ1) is 6.58. The molecule has 10 heavy (non-hydrogen) atoms. The molecule has 2 heterocycles. The predicted molar refractivity (Wildman–Crippen MR) is 38.8 cm³/mol. The minimum Gasteiger partial charge on any atom is -0.386 e. The summed E-state index contributed by atoms with van der Waals surface area (Å²) in [5.41, 5.74) is -0.420. The summed E-state index contributed by atoms with van der Waals surface area (Å²) in [6, 6.07) is 0.355. The van der Waals surface area contributed by atoms with Crippen LogP contribution < -0.4 is 10.6 Å². The van der Waals surface area contributed by atoms with Crippen LogP contribution in [-0.2, 0) is 0 Å². The molecule has 0 aromatic rings. The second kappa shape index (κ2) is 2.19. The molecule has 0 amide bonds. The van der Waals surface area contributed by atoms with Crippen LogP contribution in [0.15, 0.2) is 0 Å². The first-order valence-corrected chi connectivity index (χ1v) is 3.98. The Morgan fingerprint density at radius 1 is 1.40 bits per heavy atom. The molecule has 3 heteroatoms. The molecule has 2 aliphatic heterocycles. The monoisotopic (exact) mass is 142 g/mol.